The molecule has 0 unspecified atom stereocenters. The van der Waals surface area contributed by atoms with Gasteiger partial charge in [-0.25, -0.2) is 0 Å². The molecular formula is C14H21N3O3. The second-order valence-corrected chi connectivity index (χ2v) is 5.56. The standard InChI is InChI=1S/C14H21N3O3/c1-17(10-14(20)6-2-3-7-14)9-12(18)16-13(19)11-5-4-8-15-11/h4-5,8,15,20H,2-3,6-7,9-10H2,1H3,(H,16,18,19). The average Bonchev–Trinajstić information content (AvgIpc) is 2.99. The summed E-state index contributed by atoms with van der Waals surface area (Å²) in [5.41, 5.74) is -0.325. The molecule has 1 aromatic heterocycles. The number of hydrogen-bond donors (Lipinski definition) is 3. The predicted octanol–water partition coefficient (Wildman–Crippen LogP) is 0.508. The van der Waals surface area contributed by atoms with Crippen LogP contribution in [0.25, 0.3) is 0 Å². The lowest BCUT2D eigenvalue weighted by Gasteiger charge is -2.28. The minimum Gasteiger partial charge on any atom is -0.389 e. The van der Waals surface area contributed by atoms with E-state index in [-0.39, 0.29) is 12.5 Å². The molecule has 6 heteroatoms. The van der Waals surface area contributed by atoms with Crippen LogP contribution in [0.15, 0.2) is 18.3 Å². The summed E-state index contributed by atoms with van der Waals surface area (Å²) in [6, 6.07) is 3.30. The van der Waals surface area contributed by atoms with Crippen molar-refractivity contribution in [1.29, 1.82) is 0 Å². The minimum atomic E-state index is -0.682. The Labute approximate surface area is 118 Å². The van der Waals surface area contributed by atoms with Crippen molar-refractivity contribution in [3.8, 4) is 0 Å². The molecule has 20 heavy (non-hydrogen) atoms. The number of likely N-dealkylation sites (N-methyl/N-ethyl adjacent to an activating group) is 1. The van der Waals surface area contributed by atoms with Crippen LogP contribution in [0.5, 0.6) is 0 Å². The highest BCUT2D eigenvalue weighted by Gasteiger charge is 2.32. The fourth-order valence-electron chi connectivity index (χ4n) is 2.70. The third-order valence-electron chi connectivity index (χ3n) is 3.61. The minimum absolute atomic E-state index is 0.0920. The van der Waals surface area contributed by atoms with Crippen molar-refractivity contribution in [3.63, 3.8) is 0 Å². The molecule has 2 rings (SSSR count). The van der Waals surface area contributed by atoms with Crippen LogP contribution in [0, 0.1) is 0 Å². The molecule has 1 saturated carbocycles. The normalized spacial score (nSPS) is 17.4. The first-order valence-electron chi connectivity index (χ1n) is 6.87. The van der Waals surface area contributed by atoms with Crippen molar-refractivity contribution >= 4 is 11.8 Å². The zero-order valence-corrected chi connectivity index (χ0v) is 11.7. The summed E-state index contributed by atoms with van der Waals surface area (Å²) in [7, 11) is 1.77. The molecule has 0 spiro atoms. The number of hydrogen-bond acceptors (Lipinski definition) is 4. The van der Waals surface area contributed by atoms with E-state index in [0.29, 0.717) is 12.2 Å². The van der Waals surface area contributed by atoms with E-state index in [9.17, 15) is 14.7 Å². The van der Waals surface area contributed by atoms with Gasteiger partial charge >= 0.3 is 0 Å². The Kier molecular flexibility index (Phi) is 4.57. The molecule has 1 aromatic rings. The van der Waals surface area contributed by atoms with Crippen molar-refractivity contribution in [2.75, 3.05) is 20.1 Å². The zero-order valence-electron chi connectivity index (χ0n) is 11.7. The molecule has 2 amide bonds. The van der Waals surface area contributed by atoms with Crippen LogP contribution in [-0.4, -0.2) is 52.5 Å². The Hall–Kier alpha value is -1.66. The van der Waals surface area contributed by atoms with Gasteiger partial charge in [-0.3, -0.25) is 19.8 Å². The number of carbonyl (C=O) groups is 2. The summed E-state index contributed by atoms with van der Waals surface area (Å²) in [5.74, 6) is -0.804. The van der Waals surface area contributed by atoms with Gasteiger partial charge in [0, 0.05) is 12.7 Å². The van der Waals surface area contributed by atoms with E-state index in [4.69, 9.17) is 0 Å². The van der Waals surface area contributed by atoms with Gasteiger partial charge in [-0.05, 0) is 32.0 Å². The maximum absolute atomic E-state index is 11.8. The molecular weight excluding hydrogens is 258 g/mol. The summed E-state index contributed by atoms with van der Waals surface area (Å²) in [6.45, 7) is 0.547. The number of nitrogens with one attached hydrogen (secondary N) is 2. The number of aromatic amines is 1. The fourth-order valence-corrected chi connectivity index (χ4v) is 2.70. The van der Waals surface area contributed by atoms with Crippen LogP contribution >= 0.6 is 0 Å². The molecule has 1 fully saturated rings. The maximum Gasteiger partial charge on any atom is 0.274 e. The van der Waals surface area contributed by atoms with Crippen LogP contribution < -0.4 is 5.32 Å². The number of aliphatic hydroxyl groups is 1. The number of rotatable bonds is 5. The van der Waals surface area contributed by atoms with Gasteiger partial charge in [0.2, 0.25) is 5.91 Å². The molecule has 6 nitrogen and oxygen atoms in total. The van der Waals surface area contributed by atoms with Crippen LogP contribution in [0.2, 0.25) is 0 Å². The van der Waals surface area contributed by atoms with Crippen molar-refractivity contribution < 1.29 is 14.7 Å². The van der Waals surface area contributed by atoms with E-state index in [2.05, 4.69) is 10.3 Å². The van der Waals surface area contributed by atoms with E-state index >= 15 is 0 Å². The van der Waals surface area contributed by atoms with E-state index in [1.54, 1.807) is 30.3 Å². The Balaban J connectivity index is 1.77. The molecule has 0 aliphatic heterocycles. The van der Waals surface area contributed by atoms with Crippen molar-refractivity contribution in [1.82, 2.24) is 15.2 Å². The van der Waals surface area contributed by atoms with Crippen LogP contribution in [-0.2, 0) is 4.79 Å². The number of amides is 2. The van der Waals surface area contributed by atoms with E-state index in [0.717, 1.165) is 25.7 Å². The third kappa shape index (κ3) is 3.91. The van der Waals surface area contributed by atoms with Gasteiger partial charge in [0.25, 0.3) is 5.91 Å². The molecule has 0 aromatic carbocycles. The fraction of sp³-hybridized carbons (Fsp3) is 0.571. The highest BCUT2D eigenvalue weighted by Crippen LogP contribution is 2.29. The van der Waals surface area contributed by atoms with Gasteiger partial charge in [-0.2, -0.15) is 0 Å². The first-order valence-corrected chi connectivity index (χ1v) is 6.87. The Morgan fingerprint density at radius 3 is 2.75 bits per heavy atom. The second-order valence-electron chi connectivity index (χ2n) is 5.56. The van der Waals surface area contributed by atoms with Gasteiger partial charge in [-0.15, -0.1) is 0 Å². The molecule has 0 saturated heterocycles. The van der Waals surface area contributed by atoms with Crippen LogP contribution in [0.4, 0.5) is 0 Å². The quantitative estimate of drug-likeness (QED) is 0.733. The topological polar surface area (TPSA) is 85.4 Å². The van der Waals surface area contributed by atoms with Crippen LogP contribution in [0.1, 0.15) is 36.2 Å². The number of nitrogens with zero attached hydrogens (tertiary/aromatic N) is 1. The smallest absolute Gasteiger partial charge is 0.274 e. The van der Waals surface area contributed by atoms with E-state index in [1.165, 1.54) is 0 Å². The van der Waals surface area contributed by atoms with Crippen LogP contribution in [0.3, 0.4) is 0 Å². The average molecular weight is 279 g/mol. The van der Waals surface area contributed by atoms with Gasteiger partial charge in [-0.1, -0.05) is 12.8 Å². The molecule has 1 aliphatic rings. The lowest BCUT2D eigenvalue weighted by molar-refractivity contribution is -0.121. The molecule has 0 bridgehead atoms. The molecule has 1 heterocycles. The third-order valence-corrected chi connectivity index (χ3v) is 3.61. The number of carbonyl (C=O) groups excluding carboxylic acids is 2. The van der Waals surface area contributed by atoms with Gasteiger partial charge in [0.05, 0.1) is 12.1 Å². The molecule has 3 N–H and O–H groups in total. The van der Waals surface area contributed by atoms with E-state index < -0.39 is 11.5 Å². The van der Waals surface area contributed by atoms with Crippen molar-refractivity contribution in [2.45, 2.75) is 31.3 Å². The molecule has 1 aliphatic carbocycles. The predicted molar refractivity (Wildman–Crippen MR) is 74.2 cm³/mol. The zero-order chi connectivity index (χ0) is 14.6. The lowest BCUT2D eigenvalue weighted by Crippen LogP contribution is -2.44. The summed E-state index contributed by atoms with van der Waals surface area (Å²) in [4.78, 5) is 27.9. The van der Waals surface area contributed by atoms with Gasteiger partial charge < -0.3 is 10.1 Å². The summed E-state index contributed by atoms with van der Waals surface area (Å²) < 4.78 is 0. The first kappa shape index (κ1) is 14.7. The van der Waals surface area contributed by atoms with Gasteiger partial charge in [0.1, 0.15) is 5.69 Å². The maximum atomic E-state index is 11.8. The Morgan fingerprint density at radius 1 is 1.45 bits per heavy atom. The lowest BCUT2D eigenvalue weighted by atomic mass is 10.0. The number of aromatic nitrogens is 1. The molecule has 110 valence electrons. The van der Waals surface area contributed by atoms with E-state index in [1.807, 2.05) is 0 Å². The number of H-pyrrole nitrogens is 1. The van der Waals surface area contributed by atoms with Crippen molar-refractivity contribution in [2.24, 2.45) is 0 Å². The Morgan fingerprint density at radius 2 is 2.15 bits per heavy atom. The number of imide groups is 1. The summed E-state index contributed by atoms with van der Waals surface area (Å²) in [6.07, 6.45) is 5.24. The summed E-state index contributed by atoms with van der Waals surface area (Å²) >= 11 is 0. The highest BCUT2D eigenvalue weighted by molar-refractivity contribution is 6.04. The largest absolute Gasteiger partial charge is 0.389 e. The highest BCUT2D eigenvalue weighted by atomic mass is 16.3. The molecule has 0 radical (unpaired) electrons. The Bertz CT molecular complexity index is 464. The van der Waals surface area contributed by atoms with Crippen molar-refractivity contribution in [3.05, 3.63) is 24.0 Å². The SMILES string of the molecule is CN(CC(=O)NC(=O)c1ccc[nH]1)CC1(O)CCCC1. The van der Waals surface area contributed by atoms with Gasteiger partial charge in [0.15, 0.2) is 0 Å². The monoisotopic (exact) mass is 279 g/mol. The summed E-state index contributed by atoms with van der Waals surface area (Å²) in [5, 5.41) is 12.6. The second kappa shape index (κ2) is 6.19. The molecule has 0 atom stereocenters. The first-order chi connectivity index (χ1) is 9.48.